The van der Waals surface area contributed by atoms with Crippen LogP contribution in [-0.4, -0.2) is 35.2 Å². The molecule has 0 bridgehead atoms. The molecule has 2 aromatic rings. The summed E-state index contributed by atoms with van der Waals surface area (Å²) in [5.74, 6) is 0.930. The van der Waals surface area contributed by atoms with E-state index in [1.165, 1.54) is 0 Å². The zero-order chi connectivity index (χ0) is 19.6. The molecule has 4 rings (SSSR count). The Balaban J connectivity index is 1.51. The van der Waals surface area contributed by atoms with Gasteiger partial charge in [-0.05, 0) is 25.0 Å². The van der Waals surface area contributed by atoms with Crippen molar-refractivity contribution in [3.8, 4) is 5.75 Å². The van der Waals surface area contributed by atoms with Gasteiger partial charge in [-0.2, -0.15) is 0 Å². The lowest BCUT2D eigenvalue weighted by Gasteiger charge is -2.33. The van der Waals surface area contributed by atoms with Crippen LogP contribution in [0, 0.1) is 0 Å². The second-order valence-corrected chi connectivity index (χ2v) is 8.19. The van der Waals surface area contributed by atoms with Crippen LogP contribution in [0.5, 0.6) is 5.75 Å². The molecule has 2 aliphatic rings. The lowest BCUT2D eigenvalue weighted by atomic mass is 10.0. The number of rotatable bonds is 6. The maximum Gasteiger partial charge on any atom is 0.330 e. The Hall–Kier alpha value is -2.47. The largest absolute Gasteiger partial charge is 0.493 e. The van der Waals surface area contributed by atoms with Crippen molar-refractivity contribution in [3.05, 3.63) is 65.7 Å². The van der Waals surface area contributed by atoms with Crippen molar-refractivity contribution >= 4 is 23.6 Å². The monoisotopic (exact) mass is 397 g/mol. The zero-order valence-corrected chi connectivity index (χ0v) is 16.6. The van der Waals surface area contributed by atoms with Gasteiger partial charge in [0.05, 0.1) is 6.61 Å². The van der Waals surface area contributed by atoms with E-state index >= 15 is 0 Å². The van der Waals surface area contributed by atoms with Crippen LogP contribution >= 0.6 is 11.8 Å². The first-order valence-corrected chi connectivity index (χ1v) is 10.5. The fraction of sp³-hybridized carbons (Fsp3) is 0.364. The van der Waals surface area contributed by atoms with E-state index in [0.29, 0.717) is 18.8 Å². The van der Waals surface area contributed by atoms with Crippen LogP contribution in [0.15, 0.2) is 54.6 Å². The summed E-state index contributed by atoms with van der Waals surface area (Å²) in [6.45, 7) is 2.60. The summed E-state index contributed by atoms with van der Waals surface area (Å²) >= 11 is 1.67. The first-order valence-electron chi connectivity index (χ1n) is 9.54. The summed E-state index contributed by atoms with van der Waals surface area (Å²) in [6, 6.07) is 16.9. The number of carbonyl (C=O) groups excluding carboxylic acids is 2. The summed E-state index contributed by atoms with van der Waals surface area (Å²) in [5.41, 5.74) is 1.90. The molecule has 2 aliphatic heterocycles. The third-order valence-corrected chi connectivity index (χ3v) is 6.86. The Morgan fingerprint density at radius 2 is 1.93 bits per heavy atom. The van der Waals surface area contributed by atoms with Gasteiger partial charge in [-0.1, -0.05) is 48.5 Å². The Kier molecular flexibility index (Phi) is 5.31. The summed E-state index contributed by atoms with van der Waals surface area (Å²) in [6.07, 6.45) is 1.18. The molecule has 0 aromatic heterocycles. The first kappa shape index (κ1) is 18.9. The summed E-state index contributed by atoms with van der Waals surface area (Å²) in [5, 5.41) is 0. The van der Waals surface area contributed by atoms with Crippen LogP contribution in [0.1, 0.15) is 30.9 Å². The highest BCUT2D eigenvalue weighted by molar-refractivity contribution is 8.00. The molecule has 1 amide bonds. The third kappa shape index (κ3) is 3.26. The third-order valence-electron chi connectivity index (χ3n) is 5.27. The van der Waals surface area contributed by atoms with Crippen molar-refractivity contribution < 1.29 is 19.1 Å². The molecule has 2 aromatic carbocycles. The van der Waals surface area contributed by atoms with E-state index in [0.717, 1.165) is 23.3 Å². The van der Waals surface area contributed by atoms with Crippen molar-refractivity contribution in [2.45, 2.75) is 37.3 Å². The van der Waals surface area contributed by atoms with Gasteiger partial charge in [0, 0.05) is 17.7 Å². The molecule has 2 fully saturated rings. The maximum atomic E-state index is 12.9. The normalized spacial score (nSPS) is 23.5. The number of benzene rings is 2. The Labute approximate surface area is 169 Å². The van der Waals surface area contributed by atoms with Crippen LogP contribution in [-0.2, 0) is 25.8 Å². The molecule has 0 aliphatic carbocycles. The van der Waals surface area contributed by atoms with Crippen LogP contribution in [0.25, 0.3) is 0 Å². The fourth-order valence-electron chi connectivity index (χ4n) is 3.98. The Morgan fingerprint density at radius 3 is 2.71 bits per heavy atom. The number of nitrogens with zero attached hydrogens (tertiary/aromatic N) is 1. The molecule has 5 nitrogen and oxygen atoms in total. The van der Waals surface area contributed by atoms with Crippen molar-refractivity contribution in [1.29, 1.82) is 0 Å². The number of esters is 1. The van der Waals surface area contributed by atoms with Gasteiger partial charge in [0.1, 0.15) is 23.3 Å². The van der Waals surface area contributed by atoms with E-state index in [9.17, 15) is 9.59 Å². The fourth-order valence-corrected chi connectivity index (χ4v) is 5.62. The molecule has 2 heterocycles. The quantitative estimate of drug-likeness (QED) is 0.696. The highest BCUT2D eigenvalue weighted by Gasteiger charge is 2.57. The second-order valence-electron chi connectivity index (χ2n) is 6.89. The number of fused-ring (bicyclic) bond motifs is 1. The lowest BCUT2D eigenvalue weighted by molar-refractivity contribution is -0.155. The maximum absolute atomic E-state index is 12.9. The van der Waals surface area contributed by atoms with E-state index in [2.05, 4.69) is 0 Å². The van der Waals surface area contributed by atoms with E-state index in [1.54, 1.807) is 16.7 Å². The van der Waals surface area contributed by atoms with E-state index < -0.39 is 10.9 Å². The molecular formula is C22H23NO4S. The smallest absolute Gasteiger partial charge is 0.330 e. The van der Waals surface area contributed by atoms with Gasteiger partial charge in [-0.3, -0.25) is 4.79 Å². The summed E-state index contributed by atoms with van der Waals surface area (Å²) in [4.78, 5) is 26.8. The highest BCUT2D eigenvalue weighted by atomic mass is 32.2. The average molecular weight is 397 g/mol. The minimum atomic E-state index is -0.556. The number of hydrogen-bond acceptors (Lipinski definition) is 5. The second kappa shape index (κ2) is 7.87. The van der Waals surface area contributed by atoms with Gasteiger partial charge in [0.25, 0.3) is 0 Å². The summed E-state index contributed by atoms with van der Waals surface area (Å²) < 4.78 is 11.2. The lowest BCUT2D eigenvalue weighted by Crippen LogP contribution is -2.46. The van der Waals surface area contributed by atoms with Gasteiger partial charge in [-0.15, -0.1) is 11.8 Å². The summed E-state index contributed by atoms with van der Waals surface area (Å²) in [7, 11) is 0. The molecule has 2 atom stereocenters. The molecule has 6 heteroatoms. The molecule has 28 heavy (non-hydrogen) atoms. The average Bonchev–Trinajstić information content (AvgIpc) is 3.27. The number of carbonyl (C=O) groups is 2. The zero-order valence-electron chi connectivity index (χ0n) is 15.8. The van der Waals surface area contributed by atoms with Crippen LogP contribution in [0.3, 0.4) is 0 Å². The van der Waals surface area contributed by atoms with Crippen molar-refractivity contribution in [2.24, 2.45) is 0 Å². The molecular weight excluding hydrogens is 374 g/mol. The van der Waals surface area contributed by atoms with Crippen molar-refractivity contribution in [1.82, 2.24) is 4.90 Å². The minimum absolute atomic E-state index is 0.0190. The van der Waals surface area contributed by atoms with Crippen LogP contribution in [0.2, 0.25) is 0 Å². The van der Waals surface area contributed by atoms with Gasteiger partial charge < -0.3 is 14.4 Å². The number of ether oxygens (including phenoxy) is 2. The molecule has 0 spiro atoms. The molecule has 0 saturated carbocycles. The van der Waals surface area contributed by atoms with Crippen LogP contribution < -0.4 is 4.74 Å². The molecule has 0 N–H and O–H groups in total. The molecule has 0 radical (unpaired) electrons. The Morgan fingerprint density at radius 1 is 1.18 bits per heavy atom. The van der Waals surface area contributed by atoms with Gasteiger partial charge >= 0.3 is 5.97 Å². The minimum Gasteiger partial charge on any atom is -0.493 e. The molecule has 2 saturated heterocycles. The predicted molar refractivity (Wildman–Crippen MR) is 108 cm³/mol. The van der Waals surface area contributed by atoms with Gasteiger partial charge in [0.2, 0.25) is 5.91 Å². The van der Waals surface area contributed by atoms with Crippen molar-refractivity contribution in [3.63, 3.8) is 0 Å². The number of para-hydroxylation sites is 1. The molecule has 0 unspecified atom stereocenters. The van der Waals surface area contributed by atoms with Crippen LogP contribution in [0.4, 0.5) is 0 Å². The van der Waals surface area contributed by atoms with Gasteiger partial charge in [-0.25, -0.2) is 4.79 Å². The number of thioether (sulfide) groups is 1. The van der Waals surface area contributed by atoms with E-state index in [1.807, 2.05) is 61.5 Å². The predicted octanol–water partition coefficient (Wildman–Crippen LogP) is 3.72. The highest BCUT2D eigenvalue weighted by Crippen LogP contribution is 2.54. The first-order chi connectivity index (χ1) is 13.7. The standard InChI is InChI=1S/C22H23NO4S/c1-2-26-19-11-7-6-8-16(19)14-27-21(25)18-15-28-22(13-12-20(24)23(18)22)17-9-4-3-5-10-17/h3-11,18H,2,12-15H2,1H3/t18-,22-/m1/s1. The van der Waals surface area contributed by atoms with Gasteiger partial charge in [0.15, 0.2) is 0 Å². The molecule has 146 valence electrons. The Bertz CT molecular complexity index is 872. The number of amides is 1. The SMILES string of the molecule is CCOc1ccccc1COC(=O)[C@H]1CS[C@@]2(c3ccccc3)CCC(=O)N12. The van der Waals surface area contributed by atoms with E-state index in [4.69, 9.17) is 9.47 Å². The van der Waals surface area contributed by atoms with Crippen molar-refractivity contribution in [2.75, 3.05) is 12.4 Å². The van der Waals surface area contributed by atoms with E-state index in [-0.39, 0.29) is 18.5 Å². The number of hydrogen-bond donors (Lipinski definition) is 0. The topological polar surface area (TPSA) is 55.8 Å².